The molecule has 0 saturated carbocycles. The van der Waals surface area contributed by atoms with Gasteiger partial charge in [0.1, 0.15) is 4.88 Å². The number of anilines is 1. The maximum absolute atomic E-state index is 12.7. The van der Waals surface area contributed by atoms with Crippen LogP contribution >= 0.6 is 22.9 Å². The van der Waals surface area contributed by atoms with E-state index in [4.69, 9.17) is 16.3 Å². The van der Waals surface area contributed by atoms with Gasteiger partial charge >= 0.3 is 5.97 Å². The van der Waals surface area contributed by atoms with Gasteiger partial charge in [-0.2, -0.15) is 0 Å². The van der Waals surface area contributed by atoms with Crippen LogP contribution in [0.2, 0.25) is 5.15 Å². The SMILES string of the molecule is CCCCO[C@@H]1CN(c2nc(C)c(C(=O)O)s2)CC[C@@H]1NC(=O)c1nc(Cl)c(CC)[nH]1. The smallest absolute Gasteiger partial charge is 0.347 e. The van der Waals surface area contributed by atoms with Crippen LogP contribution in [-0.2, 0) is 11.2 Å². The summed E-state index contributed by atoms with van der Waals surface area (Å²) in [6.07, 6.45) is 2.97. The first-order valence-electron chi connectivity index (χ1n) is 10.5. The number of unbranched alkanes of at least 4 members (excludes halogenated alkanes) is 1. The monoisotopic (exact) mass is 469 g/mol. The van der Waals surface area contributed by atoms with Crippen LogP contribution in [0.3, 0.4) is 0 Å². The Kier molecular flexibility index (Phi) is 7.90. The van der Waals surface area contributed by atoms with Crippen LogP contribution in [0.1, 0.15) is 64.8 Å². The number of hydrogen-bond donors (Lipinski definition) is 3. The molecule has 170 valence electrons. The molecule has 1 saturated heterocycles. The van der Waals surface area contributed by atoms with Gasteiger partial charge in [0.15, 0.2) is 16.1 Å². The number of amides is 1. The van der Waals surface area contributed by atoms with Crippen molar-refractivity contribution < 1.29 is 19.4 Å². The first kappa shape index (κ1) is 23.5. The van der Waals surface area contributed by atoms with Gasteiger partial charge in [0.05, 0.1) is 23.5 Å². The van der Waals surface area contributed by atoms with Gasteiger partial charge in [0, 0.05) is 19.7 Å². The molecular weight excluding hydrogens is 442 g/mol. The Balaban J connectivity index is 1.72. The Labute approximate surface area is 190 Å². The van der Waals surface area contributed by atoms with Crippen molar-refractivity contribution in [2.75, 3.05) is 24.6 Å². The molecule has 9 nitrogen and oxygen atoms in total. The minimum atomic E-state index is -0.970. The number of nitrogens with one attached hydrogen (secondary N) is 2. The van der Waals surface area contributed by atoms with Gasteiger partial charge < -0.3 is 25.0 Å². The van der Waals surface area contributed by atoms with E-state index in [0.29, 0.717) is 48.5 Å². The van der Waals surface area contributed by atoms with E-state index >= 15 is 0 Å². The van der Waals surface area contributed by atoms with Crippen LogP contribution in [0.15, 0.2) is 0 Å². The van der Waals surface area contributed by atoms with Crippen molar-refractivity contribution in [2.24, 2.45) is 0 Å². The third kappa shape index (κ3) is 5.55. The lowest BCUT2D eigenvalue weighted by molar-refractivity contribution is 0.0187. The van der Waals surface area contributed by atoms with Gasteiger partial charge in [0.25, 0.3) is 5.91 Å². The number of aromatic carboxylic acids is 1. The average Bonchev–Trinajstić information content (AvgIpc) is 3.31. The van der Waals surface area contributed by atoms with Gasteiger partial charge in [-0.3, -0.25) is 4.79 Å². The fourth-order valence-electron chi connectivity index (χ4n) is 3.49. The summed E-state index contributed by atoms with van der Waals surface area (Å²) < 4.78 is 6.11. The lowest BCUT2D eigenvalue weighted by Crippen LogP contribution is -2.55. The van der Waals surface area contributed by atoms with E-state index in [9.17, 15) is 14.7 Å². The number of hydrogen-bond acceptors (Lipinski definition) is 7. The van der Waals surface area contributed by atoms with E-state index in [1.165, 1.54) is 11.3 Å². The molecule has 2 aromatic rings. The molecule has 1 aliphatic heterocycles. The third-order valence-electron chi connectivity index (χ3n) is 5.25. The van der Waals surface area contributed by atoms with Gasteiger partial charge in [-0.15, -0.1) is 0 Å². The number of H-pyrrole nitrogens is 1. The van der Waals surface area contributed by atoms with Crippen LogP contribution in [0.25, 0.3) is 0 Å². The van der Waals surface area contributed by atoms with Crippen LogP contribution in [0.5, 0.6) is 0 Å². The molecule has 1 amide bonds. The van der Waals surface area contributed by atoms with Crippen molar-refractivity contribution in [3.63, 3.8) is 0 Å². The van der Waals surface area contributed by atoms with Crippen LogP contribution in [0, 0.1) is 6.92 Å². The Hall–Kier alpha value is -2.17. The number of carboxylic acid groups (broad SMARTS) is 1. The van der Waals surface area contributed by atoms with Crippen molar-refractivity contribution >= 4 is 39.9 Å². The molecular formula is C20H28ClN5O4S. The number of carbonyl (C=O) groups excluding carboxylic acids is 1. The normalized spacial score (nSPS) is 18.9. The number of aromatic nitrogens is 3. The average molecular weight is 470 g/mol. The highest BCUT2D eigenvalue weighted by molar-refractivity contribution is 7.17. The largest absolute Gasteiger partial charge is 0.477 e. The van der Waals surface area contributed by atoms with Crippen molar-refractivity contribution in [3.05, 3.63) is 27.2 Å². The zero-order valence-electron chi connectivity index (χ0n) is 17.9. The molecule has 3 rings (SSSR count). The summed E-state index contributed by atoms with van der Waals surface area (Å²) in [7, 11) is 0. The standard InChI is InChI=1S/C20H28ClN5O4S/c1-4-6-9-30-14-10-26(20-22-11(3)15(31-20)19(28)29)8-7-13(14)24-18(27)17-23-12(5-2)16(21)25-17/h13-14H,4-10H2,1-3H3,(H,23,25)(H,24,27)(H,28,29)/t13-,14+/m0/s1. The number of aromatic amines is 1. The van der Waals surface area contributed by atoms with Gasteiger partial charge in [-0.05, 0) is 26.2 Å². The molecule has 2 atom stereocenters. The Bertz CT molecular complexity index is 931. The second-order valence-corrected chi connectivity index (χ2v) is 8.84. The molecule has 0 spiro atoms. The summed E-state index contributed by atoms with van der Waals surface area (Å²) in [5, 5.41) is 13.3. The molecule has 0 unspecified atom stereocenters. The summed E-state index contributed by atoms with van der Waals surface area (Å²) in [6.45, 7) is 7.46. The number of carbonyl (C=O) groups is 2. The Morgan fingerprint density at radius 2 is 2.16 bits per heavy atom. The molecule has 31 heavy (non-hydrogen) atoms. The summed E-state index contributed by atoms with van der Waals surface area (Å²) in [5.74, 6) is -1.09. The summed E-state index contributed by atoms with van der Waals surface area (Å²) >= 11 is 7.23. The van der Waals surface area contributed by atoms with Crippen molar-refractivity contribution in [1.82, 2.24) is 20.3 Å². The molecule has 11 heteroatoms. The molecule has 0 bridgehead atoms. The first-order valence-corrected chi connectivity index (χ1v) is 11.7. The second kappa shape index (κ2) is 10.4. The van der Waals surface area contributed by atoms with Crippen molar-refractivity contribution in [1.29, 1.82) is 0 Å². The molecule has 0 aromatic carbocycles. The van der Waals surface area contributed by atoms with Crippen LogP contribution in [0.4, 0.5) is 5.13 Å². The minimum absolute atomic E-state index is 0.193. The molecule has 1 aliphatic rings. The number of piperidine rings is 1. The maximum Gasteiger partial charge on any atom is 0.347 e. The lowest BCUT2D eigenvalue weighted by atomic mass is 10.0. The van der Waals surface area contributed by atoms with Gasteiger partial charge in [-0.1, -0.05) is 43.2 Å². The predicted molar refractivity (Wildman–Crippen MR) is 120 cm³/mol. The molecule has 2 aromatic heterocycles. The summed E-state index contributed by atoms with van der Waals surface area (Å²) in [6, 6.07) is -0.199. The number of nitrogens with zero attached hydrogens (tertiary/aromatic N) is 3. The van der Waals surface area contributed by atoms with E-state index in [-0.39, 0.29) is 28.8 Å². The molecule has 0 aliphatic carbocycles. The number of aryl methyl sites for hydroxylation is 2. The van der Waals surface area contributed by atoms with E-state index < -0.39 is 5.97 Å². The molecule has 3 N–H and O–H groups in total. The zero-order chi connectivity index (χ0) is 22.5. The second-order valence-electron chi connectivity index (χ2n) is 7.50. The Morgan fingerprint density at radius 3 is 2.77 bits per heavy atom. The lowest BCUT2D eigenvalue weighted by Gasteiger charge is -2.38. The van der Waals surface area contributed by atoms with E-state index in [1.807, 2.05) is 11.8 Å². The number of rotatable bonds is 9. The minimum Gasteiger partial charge on any atom is -0.477 e. The Morgan fingerprint density at radius 1 is 1.39 bits per heavy atom. The fourth-order valence-corrected chi connectivity index (χ4v) is 4.69. The van der Waals surface area contributed by atoms with Gasteiger partial charge in [0.2, 0.25) is 0 Å². The highest BCUT2D eigenvalue weighted by Crippen LogP contribution is 2.29. The number of thiazole rings is 1. The van der Waals surface area contributed by atoms with Crippen LogP contribution < -0.4 is 10.2 Å². The van der Waals surface area contributed by atoms with E-state index in [0.717, 1.165) is 18.5 Å². The van der Waals surface area contributed by atoms with E-state index in [2.05, 4.69) is 27.2 Å². The summed E-state index contributed by atoms with van der Waals surface area (Å²) in [5.41, 5.74) is 1.23. The quantitative estimate of drug-likeness (QED) is 0.482. The van der Waals surface area contributed by atoms with Gasteiger partial charge in [-0.25, -0.2) is 14.8 Å². The highest BCUT2D eigenvalue weighted by Gasteiger charge is 2.33. The topological polar surface area (TPSA) is 120 Å². The van der Waals surface area contributed by atoms with Crippen molar-refractivity contribution in [2.45, 2.75) is 58.6 Å². The molecule has 1 fully saturated rings. The number of ether oxygens (including phenoxy) is 1. The van der Waals surface area contributed by atoms with Crippen LogP contribution in [-0.4, -0.2) is 63.8 Å². The number of imidazole rings is 1. The van der Waals surface area contributed by atoms with E-state index in [1.54, 1.807) is 6.92 Å². The molecule has 3 heterocycles. The first-order chi connectivity index (χ1) is 14.8. The summed E-state index contributed by atoms with van der Waals surface area (Å²) in [4.78, 5) is 37.9. The zero-order valence-corrected chi connectivity index (χ0v) is 19.5. The molecule has 0 radical (unpaired) electrons. The maximum atomic E-state index is 12.7. The number of carboxylic acids is 1. The third-order valence-corrected chi connectivity index (χ3v) is 6.77. The van der Waals surface area contributed by atoms with Crippen molar-refractivity contribution in [3.8, 4) is 0 Å². The number of halogens is 1. The predicted octanol–water partition coefficient (Wildman–Crippen LogP) is 3.28. The fraction of sp³-hybridized carbons (Fsp3) is 0.600. The highest BCUT2D eigenvalue weighted by atomic mass is 35.5.